The monoisotopic (exact) mass is 411 g/mol. The van der Waals surface area contributed by atoms with E-state index in [2.05, 4.69) is 0 Å². The van der Waals surface area contributed by atoms with E-state index in [1.54, 1.807) is 27.7 Å². The quantitative estimate of drug-likeness (QED) is 0.426. The fraction of sp³-hybridized carbons (Fsp3) is 0.636. The zero-order valence-electron chi connectivity index (χ0n) is 18.5. The molecule has 0 aromatic heterocycles. The maximum absolute atomic E-state index is 13.8. The molecule has 7 heteroatoms. The van der Waals surface area contributed by atoms with Crippen molar-refractivity contribution in [2.45, 2.75) is 65.7 Å². The van der Waals surface area contributed by atoms with E-state index in [9.17, 15) is 14.0 Å². The molecule has 0 aliphatic heterocycles. The summed E-state index contributed by atoms with van der Waals surface area (Å²) >= 11 is 0. The van der Waals surface area contributed by atoms with Crippen molar-refractivity contribution in [1.82, 2.24) is 4.90 Å². The lowest BCUT2D eigenvalue weighted by Crippen LogP contribution is -2.61. The number of carbonyl (C=O) groups excluding carboxylic acids is 2. The van der Waals surface area contributed by atoms with Gasteiger partial charge in [0.1, 0.15) is 12.2 Å². The van der Waals surface area contributed by atoms with Crippen LogP contribution >= 0.6 is 0 Å². The first-order valence-electron chi connectivity index (χ1n) is 9.84. The number of nitrogens with zero attached hydrogens (tertiary/aromatic N) is 1. The van der Waals surface area contributed by atoms with Crippen LogP contribution in [-0.2, 0) is 25.9 Å². The molecule has 1 aromatic rings. The molecule has 164 valence electrons. The van der Waals surface area contributed by atoms with Gasteiger partial charge in [-0.3, -0.25) is 14.2 Å². The van der Waals surface area contributed by atoms with Crippen LogP contribution in [0, 0.1) is 11.8 Å². The SMILES string of the molecule is CC(C)C[C@@](C(=O)OOCc1ccccc1)(C(C)CF)N(C)C(=O)OC(C)(C)C. The lowest BCUT2D eigenvalue weighted by molar-refractivity contribution is -0.290. The number of alkyl halides is 1. The smallest absolute Gasteiger partial charge is 0.411 e. The van der Waals surface area contributed by atoms with Crippen molar-refractivity contribution in [3.8, 4) is 0 Å². The number of benzene rings is 1. The molecule has 1 aromatic carbocycles. The maximum Gasteiger partial charge on any atom is 0.411 e. The first-order chi connectivity index (χ1) is 13.4. The van der Waals surface area contributed by atoms with Crippen LogP contribution < -0.4 is 0 Å². The van der Waals surface area contributed by atoms with Crippen LogP contribution in [0.1, 0.15) is 53.5 Å². The third-order valence-electron chi connectivity index (χ3n) is 4.59. The number of rotatable bonds is 9. The molecule has 0 aliphatic rings. The Bertz CT molecular complexity index is 659. The molecule has 0 N–H and O–H groups in total. The van der Waals surface area contributed by atoms with Crippen LogP contribution in [0.5, 0.6) is 0 Å². The van der Waals surface area contributed by atoms with Crippen molar-refractivity contribution in [1.29, 1.82) is 0 Å². The molecule has 0 heterocycles. The van der Waals surface area contributed by atoms with Gasteiger partial charge < -0.3 is 4.74 Å². The topological polar surface area (TPSA) is 65.1 Å². The van der Waals surface area contributed by atoms with Crippen molar-refractivity contribution in [2.75, 3.05) is 13.7 Å². The highest BCUT2D eigenvalue weighted by Gasteiger charge is 2.52. The average molecular weight is 412 g/mol. The fourth-order valence-corrected chi connectivity index (χ4v) is 3.13. The van der Waals surface area contributed by atoms with Gasteiger partial charge in [0.05, 0.1) is 6.67 Å². The summed E-state index contributed by atoms with van der Waals surface area (Å²) in [6, 6.07) is 9.19. The lowest BCUT2D eigenvalue weighted by atomic mass is 9.78. The third-order valence-corrected chi connectivity index (χ3v) is 4.59. The van der Waals surface area contributed by atoms with Gasteiger partial charge in [-0.1, -0.05) is 51.1 Å². The van der Waals surface area contributed by atoms with Crippen LogP contribution in [0.4, 0.5) is 9.18 Å². The van der Waals surface area contributed by atoms with Crippen molar-refractivity contribution in [3.05, 3.63) is 35.9 Å². The molecule has 0 aliphatic carbocycles. The molecule has 0 spiro atoms. The van der Waals surface area contributed by atoms with Crippen molar-refractivity contribution in [3.63, 3.8) is 0 Å². The van der Waals surface area contributed by atoms with Gasteiger partial charge in [-0.2, -0.15) is 4.89 Å². The maximum atomic E-state index is 13.8. The summed E-state index contributed by atoms with van der Waals surface area (Å²) in [5, 5.41) is 0. The van der Waals surface area contributed by atoms with Crippen molar-refractivity contribution in [2.24, 2.45) is 11.8 Å². The molecule has 0 saturated carbocycles. The van der Waals surface area contributed by atoms with Gasteiger partial charge in [-0.05, 0) is 38.7 Å². The molecule has 1 rings (SSSR count). The third kappa shape index (κ3) is 6.99. The Hall–Kier alpha value is -2.15. The Morgan fingerprint density at radius 2 is 1.69 bits per heavy atom. The molecule has 1 amide bonds. The minimum atomic E-state index is -1.57. The van der Waals surface area contributed by atoms with Crippen LogP contribution in [0.15, 0.2) is 30.3 Å². The first kappa shape index (κ1) is 24.9. The van der Waals surface area contributed by atoms with Gasteiger partial charge in [-0.25, -0.2) is 9.59 Å². The molecular weight excluding hydrogens is 377 g/mol. The second kappa shape index (κ2) is 10.6. The van der Waals surface area contributed by atoms with E-state index in [4.69, 9.17) is 14.5 Å². The van der Waals surface area contributed by atoms with E-state index in [0.29, 0.717) is 0 Å². The summed E-state index contributed by atoms with van der Waals surface area (Å²) in [5.41, 5.74) is -1.52. The Morgan fingerprint density at radius 3 is 2.17 bits per heavy atom. The van der Waals surface area contributed by atoms with Crippen LogP contribution in [0.2, 0.25) is 0 Å². The predicted molar refractivity (Wildman–Crippen MR) is 109 cm³/mol. The van der Waals surface area contributed by atoms with E-state index < -0.39 is 35.8 Å². The standard InChI is InChI=1S/C22H34FNO5/c1-16(2)13-22(17(3)14-23,24(7)20(26)28-21(4,5)6)19(25)29-27-15-18-11-9-8-10-12-18/h8-12,16-17H,13-15H2,1-7H3/t17?,22-/m0/s1. The van der Waals surface area contributed by atoms with Gasteiger partial charge in [0.15, 0.2) is 5.54 Å². The van der Waals surface area contributed by atoms with Gasteiger partial charge >= 0.3 is 12.1 Å². The number of likely N-dealkylation sites (N-methyl/N-ethyl adjacent to an activating group) is 1. The van der Waals surface area contributed by atoms with Crippen LogP contribution in [-0.4, -0.2) is 41.8 Å². The zero-order valence-corrected chi connectivity index (χ0v) is 18.5. The minimum absolute atomic E-state index is 0.0180. The highest BCUT2D eigenvalue weighted by molar-refractivity contribution is 5.86. The molecule has 0 saturated heterocycles. The number of hydrogen-bond acceptors (Lipinski definition) is 5. The Kier molecular flexibility index (Phi) is 9.08. The van der Waals surface area contributed by atoms with E-state index in [0.717, 1.165) is 10.5 Å². The number of amides is 1. The summed E-state index contributed by atoms with van der Waals surface area (Å²) < 4.78 is 19.2. The molecule has 0 radical (unpaired) electrons. The summed E-state index contributed by atoms with van der Waals surface area (Å²) in [6.07, 6.45) is -0.528. The van der Waals surface area contributed by atoms with E-state index in [1.807, 2.05) is 44.2 Å². The molecule has 0 fully saturated rings. The highest BCUT2D eigenvalue weighted by atomic mass is 19.1. The van der Waals surface area contributed by atoms with E-state index in [1.165, 1.54) is 7.05 Å². The van der Waals surface area contributed by atoms with Crippen LogP contribution in [0.3, 0.4) is 0 Å². The number of carbonyl (C=O) groups is 2. The van der Waals surface area contributed by atoms with Crippen molar-refractivity contribution < 1.29 is 28.5 Å². The summed E-state index contributed by atoms with van der Waals surface area (Å²) in [4.78, 5) is 37.3. The molecule has 6 nitrogen and oxygen atoms in total. The lowest BCUT2D eigenvalue weighted by Gasteiger charge is -2.43. The Morgan fingerprint density at radius 1 is 1.10 bits per heavy atom. The van der Waals surface area contributed by atoms with Gasteiger partial charge in [0, 0.05) is 13.0 Å². The fourth-order valence-electron chi connectivity index (χ4n) is 3.13. The second-order valence-electron chi connectivity index (χ2n) is 8.74. The number of hydrogen-bond donors (Lipinski definition) is 0. The van der Waals surface area contributed by atoms with E-state index in [-0.39, 0.29) is 18.9 Å². The highest BCUT2D eigenvalue weighted by Crippen LogP contribution is 2.34. The molecule has 29 heavy (non-hydrogen) atoms. The summed E-state index contributed by atoms with van der Waals surface area (Å²) in [5.74, 6) is -1.66. The Labute approximate surface area is 173 Å². The molecule has 0 bridgehead atoms. The van der Waals surface area contributed by atoms with Crippen LogP contribution in [0.25, 0.3) is 0 Å². The van der Waals surface area contributed by atoms with Gasteiger partial charge in [0.2, 0.25) is 0 Å². The number of halogens is 1. The van der Waals surface area contributed by atoms with Gasteiger partial charge in [-0.15, -0.1) is 0 Å². The second-order valence-corrected chi connectivity index (χ2v) is 8.74. The number of ether oxygens (including phenoxy) is 1. The minimum Gasteiger partial charge on any atom is -0.444 e. The largest absolute Gasteiger partial charge is 0.444 e. The summed E-state index contributed by atoms with van der Waals surface area (Å²) in [7, 11) is 1.43. The van der Waals surface area contributed by atoms with Gasteiger partial charge in [0.25, 0.3) is 0 Å². The molecule has 1 unspecified atom stereocenters. The predicted octanol–water partition coefficient (Wildman–Crippen LogP) is 4.92. The van der Waals surface area contributed by atoms with E-state index >= 15 is 0 Å². The summed E-state index contributed by atoms with van der Waals surface area (Å²) in [6.45, 7) is 9.76. The Balaban J connectivity index is 3.12. The average Bonchev–Trinajstić information content (AvgIpc) is 2.64. The molecule has 2 atom stereocenters. The van der Waals surface area contributed by atoms with Crippen molar-refractivity contribution >= 4 is 12.1 Å². The zero-order chi connectivity index (χ0) is 22.2. The molecular formula is C22H34FNO5. The normalized spacial score (nSPS) is 14.8. The first-order valence-corrected chi connectivity index (χ1v) is 9.84.